The molecule has 1 heterocycles. The molecule has 4 rings (SSSR count). The van der Waals surface area contributed by atoms with E-state index in [4.69, 9.17) is 0 Å². The molecule has 0 bridgehead atoms. The van der Waals surface area contributed by atoms with Crippen molar-refractivity contribution in [3.05, 3.63) is 113 Å². The molecule has 0 N–H and O–H groups in total. The highest BCUT2D eigenvalue weighted by Crippen LogP contribution is 2.39. The maximum Gasteiger partial charge on any atom is 0.258 e. The third kappa shape index (κ3) is 2.95. The number of fused-ring (bicyclic) bond motifs is 1. The Hall–Kier alpha value is -3.46. The molecule has 1 atom stereocenters. The van der Waals surface area contributed by atoms with E-state index in [0.717, 1.165) is 28.5 Å². The minimum absolute atomic E-state index is 0.188. The van der Waals surface area contributed by atoms with Crippen LogP contribution in [0.2, 0.25) is 0 Å². The molecule has 0 aliphatic carbocycles. The maximum atomic E-state index is 13.4. The monoisotopic (exact) mass is 367 g/mol. The topological polar surface area (TPSA) is 37.4 Å². The van der Waals surface area contributed by atoms with Crippen LogP contribution in [0, 0.1) is 6.92 Å². The zero-order chi connectivity index (χ0) is 19.6. The first-order valence-corrected chi connectivity index (χ1v) is 9.33. The van der Waals surface area contributed by atoms with Gasteiger partial charge in [0.25, 0.3) is 5.91 Å². The minimum Gasteiger partial charge on any atom is -0.300 e. The van der Waals surface area contributed by atoms with Gasteiger partial charge in [-0.15, -0.1) is 0 Å². The van der Waals surface area contributed by atoms with Crippen LogP contribution in [0.4, 0.5) is 0 Å². The van der Waals surface area contributed by atoms with E-state index in [2.05, 4.69) is 0 Å². The van der Waals surface area contributed by atoms with Gasteiger partial charge in [-0.3, -0.25) is 9.69 Å². The van der Waals surface area contributed by atoms with E-state index in [0.29, 0.717) is 12.0 Å². The van der Waals surface area contributed by atoms with Crippen LogP contribution in [0.25, 0.3) is 6.08 Å². The Labute approximate surface area is 164 Å². The first-order chi connectivity index (χ1) is 13.7. The van der Waals surface area contributed by atoms with Crippen LogP contribution >= 0.6 is 0 Å². The van der Waals surface area contributed by atoms with E-state index >= 15 is 0 Å². The summed E-state index contributed by atoms with van der Waals surface area (Å²) in [6.07, 6.45) is 4.98. The van der Waals surface area contributed by atoms with Gasteiger partial charge in [-0.25, -0.2) is 0 Å². The summed E-state index contributed by atoms with van der Waals surface area (Å²) in [4.78, 5) is 27.6. The third-order valence-electron chi connectivity index (χ3n) is 5.42. The predicted octanol–water partition coefficient (Wildman–Crippen LogP) is 4.76. The molecular weight excluding hydrogens is 346 g/mol. The zero-order valence-corrected chi connectivity index (χ0v) is 15.7. The zero-order valence-electron chi connectivity index (χ0n) is 15.7. The number of hydrogen-bond acceptors (Lipinski definition) is 2. The summed E-state index contributed by atoms with van der Waals surface area (Å²) in [5, 5.41) is 0. The van der Waals surface area contributed by atoms with E-state index in [9.17, 15) is 9.59 Å². The Morgan fingerprint density at radius 1 is 0.929 bits per heavy atom. The van der Waals surface area contributed by atoms with Gasteiger partial charge >= 0.3 is 0 Å². The number of hydrogen-bond donors (Lipinski definition) is 0. The Balaban J connectivity index is 1.88. The lowest BCUT2D eigenvalue weighted by Crippen LogP contribution is -2.51. The molecule has 3 nitrogen and oxygen atoms in total. The molecule has 0 saturated heterocycles. The first-order valence-electron chi connectivity index (χ1n) is 9.33. The molecule has 0 radical (unpaired) electrons. The molecule has 0 saturated carbocycles. The number of aldehydes is 1. The highest BCUT2D eigenvalue weighted by molar-refractivity contribution is 5.99. The molecule has 0 spiro atoms. The van der Waals surface area contributed by atoms with Gasteiger partial charge in [-0.05, 0) is 47.4 Å². The number of nitrogens with zero attached hydrogens (tertiary/aromatic N) is 1. The Morgan fingerprint density at radius 3 is 2.36 bits per heavy atom. The summed E-state index contributed by atoms with van der Waals surface area (Å²) in [5.41, 5.74) is 3.42. The number of benzene rings is 3. The van der Waals surface area contributed by atoms with Gasteiger partial charge < -0.3 is 4.79 Å². The fourth-order valence-electron chi connectivity index (χ4n) is 3.86. The summed E-state index contributed by atoms with van der Waals surface area (Å²) in [5.74, 6) is -0.188. The Bertz CT molecular complexity index is 1050. The van der Waals surface area contributed by atoms with E-state index in [1.165, 1.54) is 0 Å². The Kier molecular flexibility index (Phi) is 4.66. The van der Waals surface area contributed by atoms with Gasteiger partial charge in [0.1, 0.15) is 5.54 Å². The summed E-state index contributed by atoms with van der Waals surface area (Å²) in [6, 6.07) is 24.9. The van der Waals surface area contributed by atoms with E-state index in [-0.39, 0.29) is 5.91 Å². The lowest BCUT2D eigenvalue weighted by atomic mass is 9.78. The largest absolute Gasteiger partial charge is 0.300 e. The molecule has 1 unspecified atom stereocenters. The molecule has 0 fully saturated rings. The van der Waals surface area contributed by atoms with Crippen molar-refractivity contribution in [3.8, 4) is 0 Å². The second kappa shape index (κ2) is 7.28. The second-order valence-corrected chi connectivity index (χ2v) is 7.09. The van der Waals surface area contributed by atoms with Crippen molar-refractivity contribution in [2.45, 2.75) is 18.9 Å². The summed E-state index contributed by atoms with van der Waals surface area (Å²) in [6.45, 7) is 2.03. The summed E-state index contributed by atoms with van der Waals surface area (Å²) < 4.78 is 0. The molecule has 138 valence electrons. The van der Waals surface area contributed by atoms with Crippen LogP contribution in [0.1, 0.15) is 32.6 Å². The van der Waals surface area contributed by atoms with Crippen LogP contribution in [0.15, 0.2) is 85.1 Å². The van der Waals surface area contributed by atoms with Gasteiger partial charge in [0, 0.05) is 18.2 Å². The van der Waals surface area contributed by atoms with Crippen LogP contribution < -0.4 is 0 Å². The van der Waals surface area contributed by atoms with Gasteiger partial charge in [-0.1, -0.05) is 66.7 Å². The average Bonchev–Trinajstić information content (AvgIpc) is 2.75. The molecule has 0 aromatic heterocycles. The molecule has 1 aliphatic heterocycles. The van der Waals surface area contributed by atoms with Crippen molar-refractivity contribution < 1.29 is 9.59 Å². The van der Waals surface area contributed by atoms with Crippen LogP contribution in [-0.2, 0) is 16.8 Å². The first kappa shape index (κ1) is 17.9. The standard InChI is InChI=1S/C25H21NO2/c1-19-9-5-6-13-22(19)17-25(18-27)23-14-8-7-10-20(23)15-16-26(25)24(28)21-11-3-2-4-12-21/h2-16,18H,17H2,1H3. The van der Waals surface area contributed by atoms with Crippen molar-refractivity contribution in [2.24, 2.45) is 0 Å². The summed E-state index contributed by atoms with van der Waals surface area (Å²) >= 11 is 0. The van der Waals surface area contributed by atoms with Crippen LogP contribution in [-0.4, -0.2) is 17.1 Å². The lowest BCUT2D eigenvalue weighted by Gasteiger charge is -2.42. The SMILES string of the molecule is Cc1ccccc1CC1(C=O)c2ccccc2C=CN1C(=O)c1ccccc1. The average molecular weight is 367 g/mol. The normalized spacial score (nSPS) is 17.8. The van der Waals surface area contributed by atoms with E-state index in [1.54, 1.807) is 23.2 Å². The molecule has 1 aliphatic rings. The number of carbonyl (C=O) groups excluding carboxylic acids is 2. The summed E-state index contributed by atoms with van der Waals surface area (Å²) in [7, 11) is 0. The van der Waals surface area contributed by atoms with Gasteiger partial charge in [0.15, 0.2) is 6.29 Å². The predicted molar refractivity (Wildman–Crippen MR) is 111 cm³/mol. The van der Waals surface area contributed by atoms with Crippen molar-refractivity contribution in [2.75, 3.05) is 0 Å². The van der Waals surface area contributed by atoms with Crippen LogP contribution in [0.5, 0.6) is 0 Å². The molecular formula is C25H21NO2. The lowest BCUT2D eigenvalue weighted by molar-refractivity contribution is -0.116. The van der Waals surface area contributed by atoms with Crippen LogP contribution in [0.3, 0.4) is 0 Å². The number of carbonyl (C=O) groups is 2. The number of rotatable bonds is 4. The fraction of sp³-hybridized carbons (Fsp3) is 0.120. The molecule has 3 aromatic carbocycles. The third-order valence-corrected chi connectivity index (χ3v) is 5.42. The quantitative estimate of drug-likeness (QED) is 0.624. The van der Waals surface area contributed by atoms with Crippen molar-refractivity contribution in [1.29, 1.82) is 0 Å². The minimum atomic E-state index is -1.09. The maximum absolute atomic E-state index is 13.4. The van der Waals surface area contributed by atoms with Gasteiger partial charge in [0.2, 0.25) is 0 Å². The molecule has 1 amide bonds. The molecule has 3 aromatic rings. The highest BCUT2D eigenvalue weighted by atomic mass is 16.2. The highest BCUT2D eigenvalue weighted by Gasteiger charge is 2.44. The van der Waals surface area contributed by atoms with Gasteiger partial charge in [-0.2, -0.15) is 0 Å². The fourth-order valence-corrected chi connectivity index (χ4v) is 3.86. The van der Waals surface area contributed by atoms with E-state index in [1.807, 2.05) is 79.7 Å². The van der Waals surface area contributed by atoms with E-state index < -0.39 is 5.54 Å². The van der Waals surface area contributed by atoms with Crippen molar-refractivity contribution >= 4 is 18.3 Å². The number of aryl methyl sites for hydroxylation is 1. The molecule has 3 heteroatoms. The molecule has 28 heavy (non-hydrogen) atoms. The van der Waals surface area contributed by atoms with Gasteiger partial charge in [0.05, 0.1) is 0 Å². The van der Waals surface area contributed by atoms with Crippen molar-refractivity contribution in [3.63, 3.8) is 0 Å². The Morgan fingerprint density at radius 2 is 1.61 bits per heavy atom. The smallest absolute Gasteiger partial charge is 0.258 e. The second-order valence-electron chi connectivity index (χ2n) is 7.09. The number of amides is 1. The van der Waals surface area contributed by atoms with Crippen molar-refractivity contribution in [1.82, 2.24) is 4.90 Å².